The molecule has 0 aromatic carbocycles. The number of rotatable bonds is 18. The number of thioether (sulfide) groups is 1. The lowest BCUT2D eigenvalue weighted by atomic mass is 10.1. The standard InChI is InChI=1S/C20H37NO6S/c1-3-4-5-6-7-8-9-10-11-13-18(22)27-14-12-15-28-16-17(19(23)24)21-20(25)26-2/h17H,3-16H2,1-2H3,(H,21,25)(H,23,24). The Hall–Kier alpha value is -1.44. The van der Waals surface area contributed by atoms with Crippen molar-refractivity contribution in [1.82, 2.24) is 5.32 Å². The fraction of sp³-hybridized carbons (Fsp3) is 0.850. The number of aliphatic carboxylic acids is 1. The first-order chi connectivity index (χ1) is 13.5. The Morgan fingerprint density at radius 1 is 0.964 bits per heavy atom. The zero-order valence-corrected chi connectivity index (χ0v) is 18.2. The van der Waals surface area contributed by atoms with E-state index in [0.717, 1.165) is 12.8 Å². The number of hydrogen-bond acceptors (Lipinski definition) is 6. The Morgan fingerprint density at radius 3 is 2.14 bits per heavy atom. The van der Waals surface area contributed by atoms with E-state index in [1.165, 1.54) is 63.8 Å². The predicted molar refractivity (Wildman–Crippen MR) is 112 cm³/mol. The fourth-order valence-corrected chi connectivity index (χ4v) is 3.53. The van der Waals surface area contributed by atoms with Crippen LogP contribution in [0.2, 0.25) is 0 Å². The molecule has 8 heteroatoms. The second-order valence-electron chi connectivity index (χ2n) is 6.75. The fourth-order valence-electron chi connectivity index (χ4n) is 2.58. The molecule has 28 heavy (non-hydrogen) atoms. The van der Waals surface area contributed by atoms with Gasteiger partial charge in [0.25, 0.3) is 0 Å². The maximum absolute atomic E-state index is 11.7. The molecule has 1 amide bonds. The van der Waals surface area contributed by atoms with Gasteiger partial charge in [-0.25, -0.2) is 9.59 Å². The van der Waals surface area contributed by atoms with Crippen LogP contribution in [-0.4, -0.2) is 54.4 Å². The van der Waals surface area contributed by atoms with Crippen LogP contribution in [0.1, 0.15) is 77.6 Å². The second-order valence-corrected chi connectivity index (χ2v) is 7.90. The zero-order chi connectivity index (χ0) is 21.0. The van der Waals surface area contributed by atoms with E-state index in [1.54, 1.807) is 0 Å². The van der Waals surface area contributed by atoms with Crippen molar-refractivity contribution >= 4 is 29.8 Å². The highest BCUT2D eigenvalue weighted by atomic mass is 32.2. The quantitative estimate of drug-likeness (QED) is 0.251. The zero-order valence-electron chi connectivity index (χ0n) is 17.4. The van der Waals surface area contributed by atoms with E-state index in [2.05, 4.69) is 17.0 Å². The number of carboxylic acid groups (broad SMARTS) is 1. The molecule has 164 valence electrons. The highest BCUT2D eigenvalue weighted by Crippen LogP contribution is 2.11. The summed E-state index contributed by atoms with van der Waals surface area (Å²) < 4.78 is 9.59. The minimum absolute atomic E-state index is 0.163. The molecule has 0 rings (SSSR count). The van der Waals surface area contributed by atoms with Crippen molar-refractivity contribution in [3.05, 3.63) is 0 Å². The number of nitrogens with one attached hydrogen (secondary N) is 1. The molecule has 7 nitrogen and oxygen atoms in total. The number of carboxylic acids is 1. The van der Waals surface area contributed by atoms with E-state index >= 15 is 0 Å². The van der Waals surface area contributed by atoms with Gasteiger partial charge in [0.2, 0.25) is 0 Å². The highest BCUT2D eigenvalue weighted by molar-refractivity contribution is 7.99. The molecule has 0 aromatic heterocycles. The largest absolute Gasteiger partial charge is 0.480 e. The normalized spacial score (nSPS) is 11.6. The summed E-state index contributed by atoms with van der Waals surface area (Å²) in [5, 5.41) is 11.3. The van der Waals surface area contributed by atoms with Crippen molar-refractivity contribution in [2.75, 3.05) is 25.2 Å². The second kappa shape index (κ2) is 18.9. The number of carbonyl (C=O) groups is 3. The minimum atomic E-state index is -1.11. The molecular weight excluding hydrogens is 382 g/mol. The number of esters is 1. The molecule has 0 aliphatic carbocycles. The van der Waals surface area contributed by atoms with Gasteiger partial charge in [-0.05, 0) is 18.6 Å². The van der Waals surface area contributed by atoms with Crippen LogP contribution in [-0.2, 0) is 19.1 Å². The third-order valence-corrected chi connectivity index (χ3v) is 5.39. The van der Waals surface area contributed by atoms with Crippen LogP contribution in [0.3, 0.4) is 0 Å². The van der Waals surface area contributed by atoms with Crippen molar-refractivity contribution in [3.63, 3.8) is 0 Å². The molecule has 0 spiro atoms. The number of alkyl carbamates (subject to hydrolysis) is 1. The van der Waals surface area contributed by atoms with Gasteiger partial charge in [-0.3, -0.25) is 4.79 Å². The number of amides is 1. The highest BCUT2D eigenvalue weighted by Gasteiger charge is 2.19. The first kappa shape index (κ1) is 26.6. The average molecular weight is 420 g/mol. The van der Waals surface area contributed by atoms with Crippen LogP contribution < -0.4 is 5.32 Å². The van der Waals surface area contributed by atoms with Crippen LogP contribution in [0, 0.1) is 0 Å². The van der Waals surface area contributed by atoms with Gasteiger partial charge in [0.1, 0.15) is 6.04 Å². The lowest BCUT2D eigenvalue weighted by molar-refractivity contribution is -0.143. The van der Waals surface area contributed by atoms with Gasteiger partial charge < -0.3 is 19.9 Å². The monoisotopic (exact) mass is 419 g/mol. The number of hydrogen-bond donors (Lipinski definition) is 2. The van der Waals surface area contributed by atoms with Crippen molar-refractivity contribution in [2.24, 2.45) is 0 Å². The molecule has 1 unspecified atom stereocenters. The van der Waals surface area contributed by atoms with Crippen molar-refractivity contribution in [1.29, 1.82) is 0 Å². The third-order valence-electron chi connectivity index (χ3n) is 4.24. The molecule has 0 aliphatic heterocycles. The Labute approximate surface area is 173 Å². The van der Waals surface area contributed by atoms with Gasteiger partial charge in [0.05, 0.1) is 13.7 Å². The molecule has 0 bridgehead atoms. The minimum Gasteiger partial charge on any atom is -0.480 e. The number of unbranched alkanes of at least 4 members (excludes halogenated alkanes) is 8. The third kappa shape index (κ3) is 16.7. The number of ether oxygens (including phenoxy) is 2. The van der Waals surface area contributed by atoms with Crippen LogP contribution in [0.4, 0.5) is 4.79 Å². The molecule has 0 saturated carbocycles. The summed E-state index contributed by atoms with van der Waals surface area (Å²) in [5.74, 6) is -0.386. The van der Waals surface area contributed by atoms with Gasteiger partial charge in [0.15, 0.2) is 0 Å². The first-order valence-electron chi connectivity index (χ1n) is 10.3. The Morgan fingerprint density at radius 2 is 1.57 bits per heavy atom. The Bertz CT molecular complexity index is 433. The molecule has 0 aliphatic rings. The Balaban J connectivity index is 3.51. The van der Waals surface area contributed by atoms with Crippen LogP contribution in [0.15, 0.2) is 0 Å². The number of methoxy groups -OCH3 is 1. The van der Waals surface area contributed by atoms with E-state index in [9.17, 15) is 14.4 Å². The number of carbonyl (C=O) groups excluding carboxylic acids is 2. The molecule has 0 aromatic rings. The lowest BCUT2D eigenvalue weighted by Crippen LogP contribution is -2.42. The van der Waals surface area contributed by atoms with Gasteiger partial charge in [0, 0.05) is 12.2 Å². The predicted octanol–water partition coefficient (Wildman–Crippen LogP) is 4.38. The average Bonchev–Trinajstić information content (AvgIpc) is 2.67. The van der Waals surface area contributed by atoms with E-state index in [0.29, 0.717) is 25.2 Å². The molecule has 0 fully saturated rings. The Kier molecular flexibility index (Phi) is 17.9. The lowest BCUT2D eigenvalue weighted by Gasteiger charge is -2.13. The summed E-state index contributed by atoms with van der Waals surface area (Å²) in [6, 6.07) is -0.994. The summed E-state index contributed by atoms with van der Waals surface area (Å²) in [6.45, 7) is 2.56. The van der Waals surface area contributed by atoms with E-state index < -0.39 is 18.1 Å². The van der Waals surface area contributed by atoms with E-state index in [-0.39, 0.29) is 11.7 Å². The summed E-state index contributed by atoms with van der Waals surface area (Å²) >= 11 is 1.39. The van der Waals surface area contributed by atoms with Crippen LogP contribution >= 0.6 is 11.8 Å². The maximum Gasteiger partial charge on any atom is 0.407 e. The summed E-state index contributed by atoms with van der Waals surface area (Å²) in [4.78, 5) is 33.8. The maximum atomic E-state index is 11.7. The first-order valence-corrected chi connectivity index (χ1v) is 11.5. The van der Waals surface area contributed by atoms with Crippen molar-refractivity contribution in [2.45, 2.75) is 83.6 Å². The molecule has 0 radical (unpaired) electrons. The van der Waals surface area contributed by atoms with Gasteiger partial charge >= 0.3 is 18.0 Å². The van der Waals surface area contributed by atoms with Crippen molar-refractivity contribution < 1.29 is 29.0 Å². The molecule has 0 saturated heterocycles. The summed E-state index contributed by atoms with van der Waals surface area (Å²) in [5.41, 5.74) is 0. The van der Waals surface area contributed by atoms with Crippen LogP contribution in [0.5, 0.6) is 0 Å². The van der Waals surface area contributed by atoms with Crippen molar-refractivity contribution in [3.8, 4) is 0 Å². The molecule has 1 atom stereocenters. The van der Waals surface area contributed by atoms with Crippen LogP contribution in [0.25, 0.3) is 0 Å². The van der Waals surface area contributed by atoms with Gasteiger partial charge in [-0.15, -0.1) is 0 Å². The molecule has 0 heterocycles. The van der Waals surface area contributed by atoms with Gasteiger partial charge in [-0.2, -0.15) is 11.8 Å². The smallest absolute Gasteiger partial charge is 0.407 e. The molecular formula is C20H37NO6S. The van der Waals surface area contributed by atoms with E-state index in [1.807, 2.05) is 0 Å². The van der Waals surface area contributed by atoms with Gasteiger partial charge in [-0.1, -0.05) is 58.3 Å². The molecule has 2 N–H and O–H groups in total. The summed E-state index contributed by atoms with van der Waals surface area (Å²) in [6.07, 6.45) is 11.3. The SMILES string of the molecule is CCCCCCCCCCCC(=O)OCCCSCC(NC(=O)OC)C(=O)O. The topological polar surface area (TPSA) is 102 Å². The van der Waals surface area contributed by atoms with E-state index in [4.69, 9.17) is 9.84 Å². The summed E-state index contributed by atoms with van der Waals surface area (Å²) in [7, 11) is 1.18.